The second-order valence-electron chi connectivity index (χ2n) is 6.94. The summed E-state index contributed by atoms with van der Waals surface area (Å²) in [7, 11) is 1.58. The van der Waals surface area contributed by atoms with Gasteiger partial charge in [-0.3, -0.25) is 4.79 Å². The number of nitrogens with one attached hydrogen (secondary N) is 3. The first-order valence-electron chi connectivity index (χ1n) is 9.57. The van der Waals surface area contributed by atoms with Gasteiger partial charge < -0.3 is 24.7 Å². The predicted molar refractivity (Wildman–Crippen MR) is 103 cm³/mol. The molecule has 1 atom stereocenters. The number of anilines is 1. The molecule has 0 unspecified atom stereocenters. The van der Waals surface area contributed by atoms with Crippen LogP contribution in [0.4, 0.5) is 5.69 Å². The minimum absolute atomic E-state index is 0.0961. The standard InChI is InChI=1S/C20H27N3O4/c1-4-27-20(25)18-17(15-12-14(26-3)8-9-16(15)21-18)22-19(24)13(2)23-10-6-5-7-11-23/h8-9,12-13,21H,4-7,10-11H2,1-3H3,(H,22,24)/p+1/t13-/m1/s1. The Morgan fingerprint density at radius 1 is 1.26 bits per heavy atom. The number of aromatic nitrogens is 1. The van der Waals surface area contributed by atoms with Crippen molar-refractivity contribution < 1.29 is 24.0 Å². The summed E-state index contributed by atoms with van der Waals surface area (Å²) < 4.78 is 10.5. The maximum atomic E-state index is 12.9. The Bertz CT molecular complexity index is 824. The highest BCUT2D eigenvalue weighted by atomic mass is 16.5. The number of rotatable bonds is 6. The van der Waals surface area contributed by atoms with E-state index in [2.05, 4.69) is 10.3 Å². The molecule has 1 amide bonds. The van der Waals surface area contributed by atoms with Crippen molar-refractivity contribution in [1.82, 2.24) is 4.98 Å². The van der Waals surface area contributed by atoms with Crippen molar-refractivity contribution in [2.24, 2.45) is 0 Å². The Balaban J connectivity index is 1.93. The quantitative estimate of drug-likeness (QED) is 0.673. The van der Waals surface area contributed by atoms with Crippen molar-refractivity contribution in [3.05, 3.63) is 23.9 Å². The maximum absolute atomic E-state index is 12.9. The van der Waals surface area contributed by atoms with E-state index < -0.39 is 5.97 Å². The summed E-state index contributed by atoms with van der Waals surface area (Å²) in [6.45, 7) is 5.96. The summed E-state index contributed by atoms with van der Waals surface area (Å²) in [6, 6.07) is 5.25. The Morgan fingerprint density at radius 2 is 2.00 bits per heavy atom. The molecule has 0 bridgehead atoms. The second kappa shape index (κ2) is 8.43. The van der Waals surface area contributed by atoms with Gasteiger partial charge in [-0.15, -0.1) is 0 Å². The number of carbonyl (C=O) groups excluding carboxylic acids is 2. The van der Waals surface area contributed by atoms with E-state index in [1.807, 2.05) is 19.1 Å². The van der Waals surface area contributed by atoms with E-state index >= 15 is 0 Å². The lowest BCUT2D eigenvalue weighted by molar-refractivity contribution is -0.918. The van der Waals surface area contributed by atoms with Gasteiger partial charge in [0.25, 0.3) is 5.91 Å². The fourth-order valence-corrected chi connectivity index (χ4v) is 3.64. The Hall–Kier alpha value is -2.54. The first kappa shape index (κ1) is 19.2. The van der Waals surface area contributed by atoms with Crippen molar-refractivity contribution in [3.63, 3.8) is 0 Å². The largest absolute Gasteiger partial charge is 0.497 e. The second-order valence-corrected chi connectivity index (χ2v) is 6.94. The Labute approximate surface area is 159 Å². The van der Waals surface area contributed by atoms with Gasteiger partial charge in [0.05, 0.1) is 32.5 Å². The van der Waals surface area contributed by atoms with Gasteiger partial charge in [0.1, 0.15) is 11.4 Å². The van der Waals surface area contributed by atoms with Crippen LogP contribution in [-0.2, 0) is 9.53 Å². The summed E-state index contributed by atoms with van der Waals surface area (Å²) in [5.41, 5.74) is 1.46. The molecule has 0 radical (unpaired) electrons. The average Bonchev–Trinajstić information content (AvgIpc) is 3.05. The van der Waals surface area contributed by atoms with E-state index in [4.69, 9.17) is 9.47 Å². The summed E-state index contributed by atoms with van der Waals surface area (Å²) in [4.78, 5) is 29.7. The molecular weight excluding hydrogens is 346 g/mol. The number of hydrogen-bond donors (Lipinski definition) is 3. The smallest absolute Gasteiger partial charge is 0.356 e. The number of aromatic amines is 1. The molecule has 0 saturated carbocycles. The lowest BCUT2D eigenvalue weighted by Gasteiger charge is -2.28. The summed E-state index contributed by atoms with van der Waals surface area (Å²) in [5, 5.41) is 3.70. The molecule has 146 valence electrons. The van der Waals surface area contributed by atoms with Crippen LogP contribution in [0.3, 0.4) is 0 Å². The first-order valence-corrected chi connectivity index (χ1v) is 9.57. The number of hydrogen-bond acceptors (Lipinski definition) is 4. The first-order chi connectivity index (χ1) is 13.0. The molecule has 7 nitrogen and oxygen atoms in total. The SMILES string of the molecule is CCOC(=O)c1[nH]c2ccc(OC)cc2c1NC(=O)[C@@H](C)[NH+]1CCCCC1. The molecule has 1 aromatic carbocycles. The molecule has 7 heteroatoms. The lowest BCUT2D eigenvalue weighted by Crippen LogP contribution is -3.17. The number of benzene rings is 1. The molecule has 1 fully saturated rings. The van der Waals surface area contributed by atoms with Crippen molar-refractivity contribution in [2.45, 2.75) is 39.2 Å². The molecule has 1 aliphatic heterocycles. The number of likely N-dealkylation sites (tertiary alicyclic amines) is 1. The summed E-state index contributed by atoms with van der Waals surface area (Å²) in [5.74, 6) is 0.0734. The monoisotopic (exact) mass is 374 g/mol. The van der Waals surface area contributed by atoms with Crippen LogP contribution < -0.4 is 15.0 Å². The van der Waals surface area contributed by atoms with E-state index in [1.54, 1.807) is 20.1 Å². The van der Waals surface area contributed by atoms with E-state index in [1.165, 1.54) is 11.3 Å². The molecule has 3 N–H and O–H groups in total. The van der Waals surface area contributed by atoms with Gasteiger partial charge in [0, 0.05) is 10.9 Å². The van der Waals surface area contributed by atoms with Gasteiger partial charge >= 0.3 is 5.97 Å². The number of quaternary nitrogens is 1. The number of fused-ring (bicyclic) bond motifs is 1. The fourth-order valence-electron chi connectivity index (χ4n) is 3.64. The van der Waals surface area contributed by atoms with Gasteiger partial charge in [-0.05, 0) is 51.3 Å². The number of esters is 1. The highest BCUT2D eigenvalue weighted by molar-refractivity contribution is 6.11. The van der Waals surface area contributed by atoms with Crippen LogP contribution in [0.2, 0.25) is 0 Å². The summed E-state index contributed by atoms with van der Waals surface area (Å²) >= 11 is 0. The van der Waals surface area contributed by atoms with E-state index in [9.17, 15) is 9.59 Å². The van der Waals surface area contributed by atoms with Crippen LogP contribution in [0.5, 0.6) is 5.75 Å². The number of H-pyrrole nitrogens is 1. The zero-order chi connectivity index (χ0) is 19.4. The average molecular weight is 374 g/mol. The van der Waals surface area contributed by atoms with Crippen LogP contribution in [0.15, 0.2) is 18.2 Å². The third-order valence-electron chi connectivity index (χ3n) is 5.23. The van der Waals surface area contributed by atoms with Gasteiger partial charge in [-0.1, -0.05) is 0 Å². The molecule has 2 aromatic rings. The van der Waals surface area contributed by atoms with Gasteiger partial charge in [0.15, 0.2) is 6.04 Å². The van der Waals surface area contributed by atoms with Crippen molar-refractivity contribution in [2.75, 3.05) is 32.1 Å². The maximum Gasteiger partial charge on any atom is 0.356 e. The minimum atomic E-state index is -0.485. The molecule has 1 aromatic heterocycles. The zero-order valence-electron chi connectivity index (χ0n) is 16.2. The van der Waals surface area contributed by atoms with Crippen LogP contribution >= 0.6 is 0 Å². The van der Waals surface area contributed by atoms with Gasteiger partial charge in [-0.2, -0.15) is 0 Å². The van der Waals surface area contributed by atoms with E-state index in [0.717, 1.165) is 36.8 Å². The normalized spacial score (nSPS) is 16.1. The van der Waals surface area contributed by atoms with Crippen molar-refractivity contribution >= 4 is 28.5 Å². The zero-order valence-corrected chi connectivity index (χ0v) is 16.2. The number of ether oxygens (including phenoxy) is 2. The van der Waals surface area contributed by atoms with Crippen LogP contribution in [-0.4, -0.2) is 49.7 Å². The third-order valence-corrected chi connectivity index (χ3v) is 5.23. The molecule has 27 heavy (non-hydrogen) atoms. The topological polar surface area (TPSA) is 84.9 Å². The lowest BCUT2D eigenvalue weighted by atomic mass is 10.1. The number of piperidine rings is 1. The van der Waals surface area contributed by atoms with Gasteiger partial charge in [-0.25, -0.2) is 4.79 Å². The molecule has 0 aliphatic carbocycles. The fraction of sp³-hybridized carbons (Fsp3) is 0.500. The van der Waals surface area contributed by atoms with E-state index in [0.29, 0.717) is 11.4 Å². The molecule has 3 rings (SSSR count). The molecule has 0 spiro atoms. The molecule has 1 aliphatic rings. The van der Waals surface area contributed by atoms with Crippen molar-refractivity contribution in [3.8, 4) is 5.75 Å². The van der Waals surface area contributed by atoms with Crippen LogP contribution in [0, 0.1) is 0 Å². The predicted octanol–water partition coefficient (Wildman–Crippen LogP) is 1.75. The van der Waals surface area contributed by atoms with Crippen LogP contribution in [0.1, 0.15) is 43.6 Å². The highest BCUT2D eigenvalue weighted by Gasteiger charge is 2.29. The van der Waals surface area contributed by atoms with Gasteiger partial charge in [0.2, 0.25) is 0 Å². The van der Waals surface area contributed by atoms with E-state index in [-0.39, 0.29) is 24.2 Å². The molecule has 2 heterocycles. The van der Waals surface area contributed by atoms with Crippen LogP contribution in [0.25, 0.3) is 10.9 Å². The molecular formula is C20H28N3O4+. The number of methoxy groups -OCH3 is 1. The Kier molecular flexibility index (Phi) is 6.01. The Morgan fingerprint density at radius 3 is 2.67 bits per heavy atom. The van der Waals surface area contributed by atoms with Crippen molar-refractivity contribution in [1.29, 1.82) is 0 Å². The highest BCUT2D eigenvalue weighted by Crippen LogP contribution is 2.31. The minimum Gasteiger partial charge on any atom is -0.497 e. The molecule has 1 saturated heterocycles. The number of amides is 1. The summed E-state index contributed by atoms with van der Waals surface area (Å²) in [6.07, 6.45) is 3.52. The number of carbonyl (C=O) groups is 2. The third kappa shape index (κ3) is 4.08.